The second-order valence-electron chi connectivity index (χ2n) is 7.43. The number of ether oxygens (including phenoxy) is 2. The van der Waals surface area contributed by atoms with E-state index in [-0.39, 0.29) is 5.91 Å². The van der Waals surface area contributed by atoms with Crippen LogP contribution in [-0.4, -0.2) is 29.7 Å². The molecule has 3 heterocycles. The monoisotopic (exact) mass is 487 g/mol. The smallest absolute Gasteiger partial charge is 0.280 e. The van der Waals surface area contributed by atoms with Gasteiger partial charge in [0.2, 0.25) is 0 Å². The Morgan fingerprint density at radius 1 is 1.12 bits per heavy atom. The minimum atomic E-state index is -0.320. The maximum atomic E-state index is 13.6. The number of hydrogen-bond donors (Lipinski definition) is 0. The molecular formula is C26H21N3O3S2. The molecule has 0 bridgehead atoms. The maximum absolute atomic E-state index is 13.6. The van der Waals surface area contributed by atoms with Crippen LogP contribution in [0.25, 0.3) is 31.7 Å². The third-order valence-corrected chi connectivity index (χ3v) is 7.35. The van der Waals surface area contributed by atoms with Crippen molar-refractivity contribution in [2.45, 2.75) is 6.54 Å². The zero-order valence-electron chi connectivity index (χ0n) is 18.6. The van der Waals surface area contributed by atoms with Crippen LogP contribution in [0.2, 0.25) is 0 Å². The minimum absolute atomic E-state index is 0.320. The Morgan fingerprint density at radius 2 is 1.91 bits per heavy atom. The lowest BCUT2D eigenvalue weighted by atomic mass is 10.1. The number of carbonyl (C=O) groups excluding carboxylic acids is 1. The summed E-state index contributed by atoms with van der Waals surface area (Å²) < 4.78 is 13.8. The Hall–Kier alpha value is -3.75. The number of amides is 1. The standard InChI is InChI=1S/C26H21N3O3S2/c1-4-11-29-20-14-21(31-2)22(32-3)15-24(20)34-26(29)28-25(30)17-13-19(23-10-7-12-33-23)27-18-9-6-5-8-16(17)18/h4-10,12-15H,1,11H2,2-3H3. The number of aromatic nitrogens is 2. The molecule has 5 rings (SSSR count). The van der Waals surface area contributed by atoms with Gasteiger partial charge in [0.05, 0.1) is 46.1 Å². The molecule has 170 valence electrons. The van der Waals surface area contributed by atoms with E-state index in [0.717, 1.165) is 31.7 Å². The molecule has 6 nitrogen and oxygen atoms in total. The molecule has 34 heavy (non-hydrogen) atoms. The number of pyridine rings is 1. The van der Waals surface area contributed by atoms with Gasteiger partial charge in [-0.2, -0.15) is 4.99 Å². The molecule has 0 spiro atoms. The number of fused-ring (bicyclic) bond motifs is 2. The molecule has 0 aliphatic carbocycles. The molecule has 0 N–H and O–H groups in total. The van der Waals surface area contributed by atoms with Crippen LogP contribution in [0.3, 0.4) is 0 Å². The molecule has 1 amide bonds. The summed E-state index contributed by atoms with van der Waals surface area (Å²) in [7, 11) is 3.20. The molecule has 0 aliphatic heterocycles. The van der Waals surface area contributed by atoms with Crippen LogP contribution in [0.15, 0.2) is 77.6 Å². The number of para-hydroxylation sites is 1. The van der Waals surface area contributed by atoms with Crippen LogP contribution < -0.4 is 14.3 Å². The van der Waals surface area contributed by atoms with E-state index in [1.54, 1.807) is 31.6 Å². The van der Waals surface area contributed by atoms with Crippen molar-refractivity contribution in [1.82, 2.24) is 9.55 Å². The van der Waals surface area contributed by atoms with Gasteiger partial charge in [-0.1, -0.05) is 41.7 Å². The predicted octanol–water partition coefficient (Wildman–Crippen LogP) is 5.92. The lowest BCUT2D eigenvalue weighted by Gasteiger charge is -2.08. The minimum Gasteiger partial charge on any atom is -0.493 e. The van der Waals surface area contributed by atoms with Crippen LogP contribution >= 0.6 is 22.7 Å². The Kier molecular flexibility index (Phi) is 6.00. The number of methoxy groups -OCH3 is 2. The van der Waals surface area contributed by atoms with E-state index in [9.17, 15) is 4.79 Å². The van der Waals surface area contributed by atoms with Crippen LogP contribution in [0.5, 0.6) is 11.5 Å². The van der Waals surface area contributed by atoms with E-state index in [4.69, 9.17) is 14.5 Å². The number of thiazole rings is 1. The summed E-state index contributed by atoms with van der Waals surface area (Å²) in [5.74, 6) is 0.921. The summed E-state index contributed by atoms with van der Waals surface area (Å²) in [6, 6.07) is 17.2. The van der Waals surface area contributed by atoms with E-state index in [2.05, 4.69) is 11.6 Å². The Morgan fingerprint density at radius 3 is 2.65 bits per heavy atom. The molecule has 8 heteroatoms. The SMILES string of the molecule is C=CCn1c(=NC(=O)c2cc(-c3cccs3)nc3ccccc23)sc2cc(OC)c(OC)cc21. The first-order valence-corrected chi connectivity index (χ1v) is 12.2. The molecule has 0 aliphatic rings. The van der Waals surface area contributed by atoms with Gasteiger partial charge >= 0.3 is 0 Å². The summed E-state index contributed by atoms with van der Waals surface area (Å²) in [5, 5.41) is 2.77. The third-order valence-electron chi connectivity index (χ3n) is 5.42. The van der Waals surface area contributed by atoms with E-state index in [1.165, 1.54) is 11.3 Å². The number of carbonyl (C=O) groups is 1. The molecule has 0 saturated carbocycles. The van der Waals surface area contributed by atoms with Crippen molar-refractivity contribution in [3.05, 3.63) is 83.0 Å². The highest BCUT2D eigenvalue weighted by atomic mass is 32.1. The molecule has 0 fully saturated rings. The molecule has 3 aromatic heterocycles. The topological polar surface area (TPSA) is 65.7 Å². The Bertz CT molecular complexity index is 1600. The van der Waals surface area contributed by atoms with Crippen molar-refractivity contribution in [3.8, 4) is 22.1 Å². The highest BCUT2D eigenvalue weighted by molar-refractivity contribution is 7.16. The van der Waals surface area contributed by atoms with E-state index in [0.29, 0.717) is 28.4 Å². The lowest BCUT2D eigenvalue weighted by Crippen LogP contribution is -2.16. The van der Waals surface area contributed by atoms with Gasteiger partial charge in [0.15, 0.2) is 16.3 Å². The first-order chi connectivity index (χ1) is 16.6. The van der Waals surface area contributed by atoms with Crippen molar-refractivity contribution >= 4 is 49.7 Å². The predicted molar refractivity (Wildman–Crippen MR) is 138 cm³/mol. The molecular weight excluding hydrogens is 466 g/mol. The van der Waals surface area contributed by atoms with E-state index >= 15 is 0 Å². The van der Waals surface area contributed by atoms with E-state index in [1.807, 2.05) is 64.5 Å². The zero-order valence-corrected chi connectivity index (χ0v) is 20.3. The fourth-order valence-corrected chi connectivity index (χ4v) is 5.57. The molecule has 0 radical (unpaired) electrons. The van der Waals surface area contributed by atoms with Crippen molar-refractivity contribution in [1.29, 1.82) is 0 Å². The summed E-state index contributed by atoms with van der Waals surface area (Å²) in [5.41, 5.74) is 2.94. The van der Waals surface area contributed by atoms with Gasteiger partial charge < -0.3 is 14.0 Å². The summed E-state index contributed by atoms with van der Waals surface area (Å²) in [6.45, 7) is 4.37. The van der Waals surface area contributed by atoms with Crippen LogP contribution in [-0.2, 0) is 6.54 Å². The summed E-state index contributed by atoms with van der Waals surface area (Å²) >= 11 is 3.01. The molecule has 2 aromatic carbocycles. The fourth-order valence-electron chi connectivity index (χ4n) is 3.84. The number of rotatable bonds is 6. The van der Waals surface area contributed by atoms with Crippen LogP contribution in [0.4, 0.5) is 0 Å². The van der Waals surface area contributed by atoms with Crippen molar-refractivity contribution < 1.29 is 14.3 Å². The van der Waals surface area contributed by atoms with Crippen molar-refractivity contribution in [2.24, 2.45) is 4.99 Å². The first kappa shape index (κ1) is 22.1. The second-order valence-corrected chi connectivity index (χ2v) is 9.38. The molecule has 0 atom stereocenters. The van der Waals surface area contributed by atoms with Crippen molar-refractivity contribution in [2.75, 3.05) is 14.2 Å². The second kappa shape index (κ2) is 9.24. The maximum Gasteiger partial charge on any atom is 0.280 e. The third kappa shape index (κ3) is 3.91. The van der Waals surface area contributed by atoms with Crippen LogP contribution in [0.1, 0.15) is 10.4 Å². The van der Waals surface area contributed by atoms with Gasteiger partial charge in [0.25, 0.3) is 5.91 Å². The normalized spacial score (nSPS) is 11.8. The Labute approximate surface area is 204 Å². The highest BCUT2D eigenvalue weighted by Gasteiger charge is 2.16. The molecule has 0 unspecified atom stereocenters. The average Bonchev–Trinajstić information content (AvgIpc) is 3.51. The zero-order chi connectivity index (χ0) is 23.7. The van der Waals surface area contributed by atoms with Crippen molar-refractivity contribution in [3.63, 3.8) is 0 Å². The summed E-state index contributed by atoms with van der Waals surface area (Å²) in [4.78, 5) is 24.5. The van der Waals surface area contributed by atoms with Gasteiger partial charge in [0.1, 0.15) is 0 Å². The quantitative estimate of drug-likeness (QED) is 0.279. The van der Waals surface area contributed by atoms with Gasteiger partial charge in [-0.25, -0.2) is 4.98 Å². The van der Waals surface area contributed by atoms with E-state index < -0.39 is 0 Å². The molecule has 0 saturated heterocycles. The summed E-state index contributed by atoms with van der Waals surface area (Å²) in [6.07, 6.45) is 1.78. The average molecular weight is 488 g/mol. The van der Waals surface area contributed by atoms with Gasteiger partial charge in [-0.15, -0.1) is 17.9 Å². The number of thiophene rings is 1. The fraction of sp³-hybridized carbons (Fsp3) is 0.115. The van der Waals surface area contributed by atoms with Gasteiger partial charge in [-0.3, -0.25) is 4.79 Å². The van der Waals surface area contributed by atoms with Crippen LogP contribution in [0, 0.1) is 0 Å². The number of nitrogens with zero attached hydrogens (tertiary/aromatic N) is 3. The number of hydrogen-bond acceptors (Lipinski definition) is 6. The largest absolute Gasteiger partial charge is 0.493 e. The lowest BCUT2D eigenvalue weighted by molar-refractivity contribution is 0.0999. The van der Waals surface area contributed by atoms with Gasteiger partial charge in [0, 0.05) is 24.1 Å². The Balaban J connectivity index is 1.71. The first-order valence-electron chi connectivity index (χ1n) is 10.5. The number of benzene rings is 2. The number of allylic oxidation sites excluding steroid dienone is 1. The van der Waals surface area contributed by atoms with Gasteiger partial charge in [-0.05, 0) is 23.6 Å². The highest BCUT2D eigenvalue weighted by Crippen LogP contribution is 2.33. The molecule has 5 aromatic rings.